The summed E-state index contributed by atoms with van der Waals surface area (Å²) in [5.41, 5.74) is 0. The number of nitrogens with zero attached hydrogens (tertiary/aromatic N) is 1. The Morgan fingerprint density at radius 3 is 1.37 bits per heavy atom. The summed E-state index contributed by atoms with van der Waals surface area (Å²) in [6, 6.07) is 0. The summed E-state index contributed by atoms with van der Waals surface area (Å²) in [6.07, 6.45) is 32.2. The summed E-state index contributed by atoms with van der Waals surface area (Å²) in [7, 11) is 3.48. The van der Waals surface area contributed by atoms with Gasteiger partial charge in [-0.2, -0.15) is 0 Å². The van der Waals surface area contributed by atoms with Crippen LogP contribution in [0.25, 0.3) is 0 Å². The highest BCUT2D eigenvalue weighted by molar-refractivity contribution is 5.68. The molecular formula is C27H53NO2. The van der Waals surface area contributed by atoms with Crippen molar-refractivity contribution >= 4 is 5.97 Å². The zero-order valence-electron chi connectivity index (χ0n) is 20.8. The number of carbonyl (C=O) groups excluding carboxylic acids is 1. The fourth-order valence-corrected chi connectivity index (χ4v) is 3.83. The first-order valence-corrected chi connectivity index (χ1v) is 13.2. The van der Waals surface area contributed by atoms with Crippen LogP contribution < -0.4 is 0 Å². The van der Waals surface area contributed by atoms with E-state index in [4.69, 9.17) is 4.84 Å². The molecule has 3 heteroatoms. The largest absolute Gasteiger partial charge is 0.369 e. The highest BCUT2D eigenvalue weighted by Crippen LogP contribution is 2.14. The number of hydrogen-bond donors (Lipinski definition) is 0. The molecule has 0 aliphatic rings. The Bertz CT molecular complexity index is 379. The van der Waals surface area contributed by atoms with Crippen LogP contribution in [0.15, 0.2) is 12.2 Å². The molecule has 0 aromatic rings. The van der Waals surface area contributed by atoms with Gasteiger partial charge in [-0.05, 0) is 32.1 Å². The molecule has 0 unspecified atom stereocenters. The van der Waals surface area contributed by atoms with Crippen molar-refractivity contribution in [1.29, 1.82) is 0 Å². The standard InChI is InChI=1S/C27H53NO2/c1-4-5-6-7-8-9-10-11-12-13-14-15-16-17-18-19-20-21-22-23-24-25-26-27(29)30-28(2)3/h20-21H,4-19,22-26H2,1-3H3. The van der Waals surface area contributed by atoms with Gasteiger partial charge in [0.2, 0.25) is 0 Å². The van der Waals surface area contributed by atoms with Crippen molar-refractivity contribution in [1.82, 2.24) is 5.06 Å². The molecule has 0 amide bonds. The van der Waals surface area contributed by atoms with Crippen LogP contribution in [0.5, 0.6) is 0 Å². The van der Waals surface area contributed by atoms with E-state index in [-0.39, 0.29) is 5.97 Å². The van der Waals surface area contributed by atoms with Gasteiger partial charge in [0, 0.05) is 20.5 Å². The van der Waals surface area contributed by atoms with Crippen LogP contribution >= 0.6 is 0 Å². The van der Waals surface area contributed by atoms with Crippen LogP contribution in [-0.2, 0) is 9.63 Å². The number of hydroxylamine groups is 2. The molecule has 3 nitrogen and oxygen atoms in total. The maximum absolute atomic E-state index is 11.4. The Kier molecular flexibility index (Phi) is 23.8. The minimum atomic E-state index is -0.122. The molecule has 0 rings (SSSR count). The normalized spacial score (nSPS) is 11.6. The lowest BCUT2D eigenvalue weighted by Crippen LogP contribution is -2.18. The van der Waals surface area contributed by atoms with E-state index in [2.05, 4.69) is 19.1 Å². The molecule has 0 aliphatic heterocycles. The van der Waals surface area contributed by atoms with E-state index in [1.54, 1.807) is 14.1 Å². The van der Waals surface area contributed by atoms with Crippen molar-refractivity contribution in [3.63, 3.8) is 0 Å². The lowest BCUT2D eigenvalue weighted by molar-refractivity contribution is -0.178. The Hall–Kier alpha value is -0.830. The second-order valence-corrected chi connectivity index (χ2v) is 9.08. The van der Waals surface area contributed by atoms with Crippen molar-refractivity contribution in [3.8, 4) is 0 Å². The summed E-state index contributed by atoms with van der Waals surface area (Å²) >= 11 is 0. The Morgan fingerprint density at radius 2 is 0.967 bits per heavy atom. The molecule has 0 saturated carbocycles. The van der Waals surface area contributed by atoms with Crippen molar-refractivity contribution in [2.45, 2.75) is 142 Å². The fourth-order valence-electron chi connectivity index (χ4n) is 3.83. The third kappa shape index (κ3) is 25.2. The maximum atomic E-state index is 11.4. The van der Waals surface area contributed by atoms with E-state index >= 15 is 0 Å². The van der Waals surface area contributed by atoms with Crippen molar-refractivity contribution in [3.05, 3.63) is 12.2 Å². The minimum Gasteiger partial charge on any atom is -0.369 e. The number of carbonyl (C=O) groups is 1. The van der Waals surface area contributed by atoms with Gasteiger partial charge < -0.3 is 4.84 Å². The second kappa shape index (κ2) is 24.4. The molecule has 0 bridgehead atoms. The molecule has 0 spiro atoms. The molecule has 0 atom stereocenters. The van der Waals surface area contributed by atoms with Crippen LogP contribution in [-0.4, -0.2) is 25.1 Å². The van der Waals surface area contributed by atoms with Gasteiger partial charge in [-0.25, -0.2) is 0 Å². The average molecular weight is 424 g/mol. The van der Waals surface area contributed by atoms with E-state index in [1.807, 2.05) is 0 Å². The van der Waals surface area contributed by atoms with Gasteiger partial charge >= 0.3 is 5.97 Å². The molecule has 0 N–H and O–H groups in total. The number of allylic oxidation sites excluding steroid dienone is 2. The quantitative estimate of drug-likeness (QED) is 0.0934. The smallest absolute Gasteiger partial charge is 0.325 e. The van der Waals surface area contributed by atoms with Gasteiger partial charge in [-0.3, -0.25) is 4.79 Å². The Morgan fingerprint density at radius 1 is 0.600 bits per heavy atom. The van der Waals surface area contributed by atoms with E-state index in [0.29, 0.717) is 6.42 Å². The van der Waals surface area contributed by atoms with E-state index < -0.39 is 0 Å². The summed E-state index contributed by atoms with van der Waals surface area (Å²) in [5.74, 6) is -0.122. The third-order valence-corrected chi connectivity index (χ3v) is 5.68. The monoisotopic (exact) mass is 423 g/mol. The van der Waals surface area contributed by atoms with Crippen LogP contribution in [0.1, 0.15) is 142 Å². The van der Waals surface area contributed by atoms with Crippen molar-refractivity contribution in [2.24, 2.45) is 0 Å². The zero-order chi connectivity index (χ0) is 22.1. The molecule has 0 radical (unpaired) electrons. The molecular weight excluding hydrogens is 370 g/mol. The Balaban J connectivity index is 3.14. The van der Waals surface area contributed by atoms with Gasteiger partial charge in [-0.1, -0.05) is 115 Å². The first-order chi connectivity index (χ1) is 14.7. The van der Waals surface area contributed by atoms with Crippen molar-refractivity contribution < 1.29 is 9.63 Å². The summed E-state index contributed by atoms with van der Waals surface area (Å²) < 4.78 is 0. The first-order valence-electron chi connectivity index (χ1n) is 13.2. The zero-order valence-corrected chi connectivity index (χ0v) is 20.8. The first kappa shape index (κ1) is 29.2. The van der Waals surface area contributed by atoms with Crippen molar-refractivity contribution in [2.75, 3.05) is 14.1 Å². The molecule has 0 heterocycles. The van der Waals surface area contributed by atoms with Gasteiger partial charge in [0.1, 0.15) is 0 Å². The Labute approximate surface area is 189 Å². The third-order valence-electron chi connectivity index (χ3n) is 5.68. The highest BCUT2D eigenvalue weighted by Gasteiger charge is 2.03. The van der Waals surface area contributed by atoms with Gasteiger partial charge in [-0.15, -0.1) is 5.06 Å². The SMILES string of the molecule is CCCCCCCCCCCCCCCCCC=CCCCCCC(=O)ON(C)C. The number of rotatable bonds is 23. The molecule has 0 aromatic heterocycles. The van der Waals surface area contributed by atoms with E-state index in [1.165, 1.54) is 114 Å². The number of hydrogen-bond acceptors (Lipinski definition) is 3. The fraction of sp³-hybridized carbons (Fsp3) is 0.889. The maximum Gasteiger partial charge on any atom is 0.325 e. The van der Waals surface area contributed by atoms with Crippen LogP contribution in [0.3, 0.4) is 0 Å². The summed E-state index contributed by atoms with van der Waals surface area (Å²) in [6.45, 7) is 2.29. The van der Waals surface area contributed by atoms with E-state index in [9.17, 15) is 4.79 Å². The molecule has 178 valence electrons. The van der Waals surface area contributed by atoms with E-state index in [0.717, 1.165) is 19.3 Å². The van der Waals surface area contributed by atoms with Crippen LogP contribution in [0, 0.1) is 0 Å². The predicted octanol–water partition coefficient (Wildman–Crippen LogP) is 8.77. The molecule has 0 aliphatic carbocycles. The lowest BCUT2D eigenvalue weighted by atomic mass is 10.0. The van der Waals surface area contributed by atoms with Crippen LogP contribution in [0.4, 0.5) is 0 Å². The number of unbranched alkanes of at least 4 members (excludes halogenated alkanes) is 18. The summed E-state index contributed by atoms with van der Waals surface area (Å²) in [5, 5.41) is 1.46. The second-order valence-electron chi connectivity index (χ2n) is 9.08. The molecule has 0 saturated heterocycles. The van der Waals surface area contributed by atoms with Gasteiger partial charge in [0.15, 0.2) is 0 Å². The lowest BCUT2D eigenvalue weighted by Gasteiger charge is -2.09. The molecule has 0 fully saturated rings. The van der Waals surface area contributed by atoms with Gasteiger partial charge in [0.05, 0.1) is 0 Å². The predicted molar refractivity (Wildman–Crippen MR) is 132 cm³/mol. The molecule has 30 heavy (non-hydrogen) atoms. The minimum absolute atomic E-state index is 0.122. The summed E-state index contributed by atoms with van der Waals surface area (Å²) in [4.78, 5) is 16.4. The van der Waals surface area contributed by atoms with Gasteiger partial charge in [0.25, 0.3) is 0 Å². The highest BCUT2D eigenvalue weighted by atomic mass is 16.7. The average Bonchev–Trinajstić information content (AvgIpc) is 2.71. The topological polar surface area (TPSA) is 29.5 Å². The van der Waals surface area contributed by atoms with Crippen LogP contribution in [0.2, 0.25) is 0 Å². The molecule has 0 aromatic carbocycles.